The predicted molar refractivity (Wildman–Crippen MR) is 112 cm³/mol. The van der Waals surface area contributed by atoms with Crippen molar-refractivity contribution in [2.24, 2.45) is 0 Å². The van der Waals surface area contributed by atoms with Crippen molar-refractivity contribution >= 4 is 11.8 Å². The average molecular weight is 388 g/mol. The summed E-state index contributed by atoms with van der Waals surface area (Å²) in [5, 5.41) is 8.21. The molecule has 0 spiro atoms. The molecule has 0 saturated heterocycles. The van der Waals surface area contributed by atoms with Crippen molar-refractivity contribution in [3.8, 4) is 5.75 Å². The topological polar surface area (TPSA) is 50.8 Å². The minimum Gasteiger partial charge on any atom is -0.486 e. The molecule has 0 saturated carbocycles. The standard InChI is InChI=1S/C23H21N3OS/c1-17-12-14-20(15-13-17)27-16-21-24-23(26-25-21)28-22(18-8-4-2-5-9-18)19-10-6-3-7-11-19/h2-15,22H,16H2,1H3,(H,24,25,26). The van der Waals surface area contributed by atoms with Gasteiger partial charge in [-0.1, -0.05) is 90.1 Å². The lowest BCUT2D eigenvalue weighted by molar-refractivity contribution is 0.296. The van der Waals surface area contributed by atoms with Crippen LogP contribution in [0.15, 0.2) is 90.1 Å². The molecular weight excluding hydrogens is 366 g/mol. The third-order valence-corrected chi connectivity index (χ3v) is 5.51. The first-order chi connectivity index (χ1) is 13.8. The summed E-state index contributed by atoms with van der Waals surface area (Å²) in [6.07, 6.45) is 0. The van der Waals surface area contributed by atoms with Crippen molar-refractivity contribution in [2.75, 3.05) is 0 Å². The number of aromatic nitrogens is 3. The summed E-state index contributed by atoms with van der Waals surface area (Å²) < 4.78 is 5.79. The zero-order chi connectivity index (χ0) is 19.2. The van der Waals surface area contributed by atoms with Crippen LogP contribution < -0.4 is 4.74 Å². The Morgan fingerprint density at radius 2 is 1.46 bits per heavy atom. The number of rotatable bonds is 7. The Bertz CT molecular complexity index is 961. The van der Waals surface area contributed by atoms with Crippen LogP contribution >= 0.6 is 11.8 Å². The highest BCUT2D eigenvalue weighted by molar-refractivity contribution is 7.99. The first kappa shape index (κ1) is 18.3. The van der Waals surface area contributed by atoms with E-state index < -0.39 is 0 Å². The van der Waals surface area contributed by atoms with Gasteiger partial charge >= 0.3 is 0 Å². The van der Waals surface area contributed by atoms with Gasteiger partial charge in [0.2, 0.25) is 5.16 Å². The summed E-state index contributed by atoms with van der Waals surface area (Å²) in [4.78, 5) is 4.60. The Labute approximate surface area is 169 Å². The maximum absolute atomic E-state index is 5.79. The van der Waals surface area contributed by atoms with Crippen molar-refractivity contribution in [3.05, 3.63) is 107 Å². The second-order valence-corrected chi connectivity index (χ2v) is 7.56. The fraction of sp³-hybridized carbons (Fsp3) is 0.130. The number of hydrogen-bond acceptors (Lipinski definition) is 4. The van der Waals surface area contributed by atoms with Crippen LogP contribution in [0.1, 0.15) is 27.8 Å². The third kappa shape index (κ3) is 4.61. The Morgan fingerprint density at radius 1 is 0.857 bits per heavy atom. The van der Waals surface area contributed by atoms with Gasteiger partial charge in [0.1, 0.15) is 12.4 Å². The molecule has 0 bridgehead atoms. The summed E-state index contributed by atoms with van der Waals surface area (Å²) in [6.45, 7) is 2.41. The Hall–Kier alpha value is -3.05. The van der Waals surface area contributed by atoms with Crippen LogP contribution in [0.25, 0.3) is 0 Å². The van der Waals surface area contributed by atoms with Gasteiger partial charge in [0.25, 0.3) is 0 Å². The zero-order valence-electron chi connectivity index (χ0n) is 15.6. The first-order valence-electron chi connectivity index (χ1n) is 9.15. The number of ether oxygens (including phenoxy) is 1. The summed E-state index contributed by atoms with van der Waals surface area (Å²) >= 11 is 1.63. The van der Waals surface area contributed by atoms with E-state index in [1.165, 1.54) is 16.7 Å². The SMILES string of the molecule is Cc1ccc(OCc2nc(SC(c3ccccc3)c3ccccc3)n[nH]2)cc1. The molecule has 28 heavy (non-hydrogen) atoms. The van der Waals surface area contributed by atoms with E-state index in [4.69, 9.17) is 4.74 Å². The van der Waals surface area contributed by atoms with E-state index in [1.807, 2.05) is 36.4 Å². The largest absolute Gasteiger partial charge is 0.486 e. The van der Waals surface area contributed by atoms with Gasteiger partial charge < -0.3 is 4.74 Å². The number of nitrogens with zero attached hydrogens (tertiary/aromatic N) is 2. The third-order valence-electron chi connectivity index (χ3n) is 4.34. The normalized spacial score (nSPS) is 10.9. The van der Waals surface area contributed by atoms with E-state index >= 15 is 0 Å². The van der Waals surface area contributed by atoms with Crippen LogP contribution in [0, 0.1) is 6.92 Å². The van der Waals surface area contributed by atoms with Gasteiger partial charge in [-0.2, -0.15) is 0 Å². The number of nitrogens with one attached hydrogen (secondary N) is 1. The van der Waals surface area contributed by atoms with Gasteiger partial charge in [0, 0.05) is 0 Å². The molecule has 0 amide bonds. The van der Waals surface area contributed by atoms with Gasteiger partial charge in [0.15, 0.2) is 5.82 Å². The Kier molecular flexibility index (Phi) is 5.73. The number of H-pyrrole nitrogens is 1. The van der Waals surface area contributed by atoms with Gasteiger partial charge in [-0.15, -0.1) is 5.10 Å². The van der Waals surface area contributed by atoms with Crippen LogP contribution in [0.3, 0.4) is 0 Å². The molecule has 0 aliphatic rings. The molecule has 1 aromatic heterocycles. The number of hydrogen-bond donors (Lipinski definition) is 1. The molecule has 4 rings (SSSR count). The van der Waals surface area contributed by atoms with E-state index in [2.05, 4.69) is 70.6 Å². The molecule has 3 aromatic carbocycles. The number of benzene rings is 3. The second-order valence-electron chi connectivity index (χ2n) is 6.49. The van der Waals surface area contributed by atoms with Crippen molar-refractivity contribution in [2.45, 2.75) is 23.9 Å². The fourth-order valence-corrected chi connectivity index (χ4v) is 3.93. The molecule has 0 atom stereocenters. The molecule has 0 fully saturated rings. The maximum Gasteiger partial charge on any atom is 0.209 e. The molecule has 140 valence electrons. The molecular formula is C23H21N3OS. The highest BCUT2D eigenvalue weighted by atomic mass is 32.2. The lowest BCUT2D eigenvalue weighted by Crippen LogP contribution is -1.98. The van der Waals surface area contributed by atoms with Crippen LogP contribution in [-0.2, 0) is 6.61 Å². The molecule has 5 heteroatoms. The molecule has 0 unspecified atom stereocenters. The van der Waals surface area contributed by atoms with Gasteiger partial charge in [-0.3, -0.25) is 5.10 Å². The average Bonchev–Trinajstić information content (AvgIpc) is 3.20. The minimum absolute atomic E-state index is 0.129. The van der Waals surface area contributed by atoms with E-state index in [9.17, 15) is 0 Å². The lowest BCUT2D eigenvalue weighted by atomic mass is 10.0. The van der Waals surface area contributed by atoms with Crippen molar-refractivity contribution in [3.63, 3.8) is 0 Å². The number of thioether (sulfide) groups is 1. The van der Waals surface area contributed by atoms with E-state index in [0.29, 0.717) is 17.6 Å². The zero-order valence-corrected chi connectivity index (χ0v) is 16.4. The molecule has 4 aromatic rings. The summed E-state index contributed by atoms with van der Waals surface area (Å²) in [5.41, 5.74) is 3.65. The van der Waals surface area contributed by atoms with Crippen molar-refractivity contribution in [1.82, 2.24) is 15.2 Å². The van der Waals surface area contributed by atoms with Crippen LogP contribution in [-0.4, -0.2) is 15.2 Å². The van der Waals surface area contributed by atoms with Crippen LogP contribution in [0.2, 0.25) is 0 Å². The Balaban J connectivity index is 1.48. The highest BCUT2D eigenvalue weighted by Gasteiger charge is 2.18. The summed E-state index contributed by atoms with van der Waals surface area (Å²) in [7, 11) is 0. The van der Waals surface area contributed by atoms with Crippen molar-refractivity contribution in [1.29, 1.82) is 0 Å². The molecule has 1 heterocycles. The quantitative estimate of drug-likeness (QED) is 0.421. The van der Waals surface area contributed by atoms with E-state index in [-0.39, 0.29) is 5.25 Å². The minimum atomic E-state index is 0.129. The maximum atomic E-state index is 5.79. The van der Waals surface area contributed by atoms with Gasteiger partial charge in [-0.25, -0.2) is 4.98 Å². The van der Waals surface area contributed by atoms with Gasteiger partial charge in [-0.05, 0) is 30.2 Å². The first-order valence-corrected chi connectivity index (χ1v) is 10.0. The number of aromatic amines is 1. The van der Waals surface area contributed by atoms with Crippen LogP contribution in [0.4, 0.5) is 0 Å². The molecule has 0 aliphatic carbocycles. The van der Waals surface area contributed by atoms with Crippen LogP contribution in [0.5, 0.6) is 5.75 Å². The number of aryl methyl sites for hydroxylation is 1. The van der Waals surface area contributed by atoms with Crippen molar-refractivity contribution < 1.29 is 4.74 Å². The highest BCUT2D eigenvalue weighted by Crippen LogP contribution is 2.38. The molecule has 1 N–H and O–H groups in total. The molecule has 0 aliphatic heterocycles. The summed E-state index contributed by atoms with van der Waals surface area (Å²) in [5.74, 6) is 1.53. The predicted octanol–water partition coefficient (Wildman–Crippen LogP) is 5.57. The van der Waals surface area contributed by atoms with E-state index in [0.717, 1.165) is 5.75 Å². The molecule has 4 nitrogen and oxygen atoms in total. The molecule has 0 radical (unpaired) electrons. The monoisotopic (exact) mass is 387 g/mol. The van der Waals surface area contributed by atoms with E-state index in [1.54, 1.807) is 11.8 Å². The Morgan fingerprint density at radius 3 is 2.07 bits per heavy atom. The lowest BCUT2D eigenvalue weighted by Gasteiger charge is -2.15. The second kappa shape index (κ2) is 8.76. The summed E-state index contributed by atoms with van der Waals surface area (Å²) in [6, 6.07) is 28.8. The fourth-order valence-electron chi connectivity index (χ4n) is 2.87. The smallest absolute Gasteiger partial charge is 0.209 e. The van der Waals surface area contributed by atoms with Gasteiger partial charge in [0.05, 0.1) is 5.25 Å².